The van der Waals surface area contributed by atoms with Crippen molar-refractivity contribution in [2.24, 2.45) is 0 Å². The first-order chi connectivity index (χ1) is 10.5. The minimum atomic E-state index is -0.318. The fourth-order valence-corrected chi connectivity index (χ4v) is 2.29. The Morgan fingerprint density at radius 1 is 1.23 bits per heavy atom. The zero-order valence-electron chi connectivity index (χ0n) is 13.8. The zero-order chi connectivity index (χ0) is 16.4. The summed E-state index contributed by atoms with van der Waals surface area (Å²) in [6, 6.07) is 8.25. The number of rotatable bonds is 4. The first kappa shape index (κ1) is 18.2. The Bertz CT molecular complexity index is 460. The first-order valence-electron chi connectivity index (χ1n) is 7.66. The Kier molecular flexibility index (Phi) is 7.67. The quantitative estimate of drug-likeness (QED) is 0.681. The first-order valence-corrected chi connectivity index (χ1v) is 7.66. The van der Waals surface area contributed by atoms with E-state index in [1.54, 1.807) is 0 Å². The SMILES string of the molecule is C=COc1ccccc1C1CCNCC1.CC(C)(C)OC=O. The van der Waals surface area contributed by atoms with Crippen LogP contribution in [0.4, 0.5) is 0 Å². The highest BCUT2D eigenvalue weighted by molar-refractivity contribution is 5.38. The van der Waals surface area contributed by atoms with E-state index in [-0.39, 0.29) is 5.60 Å². The summed E-state index contributed by atoms with van der Waals surface area (Å²) in [5.41, 5.74) is 1.00. The molecule has 0 bridgehead atoms. The van der Waals surface area contributed by atoms with Crippen molar-refractivity contribution in [3.8, 4) is 5.75 Å². The molecule has 0 spiro atoms. The number of ether oxygens (including phenoxy) is 2. The van der Waals surface area contributed by atoms with Gasteiger partial charge in [0.25, 0.3) is 6.47 Å². The summed E-state index contributed by atoms with van der Waals surface area (Å²) in [6.07, 6.45) is 3.88. The summed E-state index contributed by atoms with van der Waals surface area (Å²) < 4.78 is 9.98. The van der Waals surface area contributed by atoms with Gasteiger partial charge < -0.3 is 14.8 Å². The van der Waals surface area contributed by atoms with Crippen LogP contribution >= 0.6 is 0 Å². The van der Waals surface area contributed by atoms with E-state index in [4.69, 9.17) is 4.74 Å². The molecule has 22 heavy (non-hydrogen) atoms. The van der Waals surface area contributed by atoms with Crippen molar-refractivity contribution in [1.82, 2.24) is 5.32 Å². The van der Waals surface area contributed by atoms with E-state index in [1.165, 1.54) is 24.7 Å². The van der Waals surface area contributed by atoms with E-state index in [2.05, 4.69) is 28.8 Å². The highest BCUT2D eigenvalue weighted by atomic mass is 16.5. The number of carbonyl (C=O) groups excluding carboxylic acids is 1. The molecule has 2 rings (SSSR count). The van der Waals surface area contributed by atoms with Crippen molar-refractivity contribution in [1.29, 1.82) is 0 Å². The van der Waals surface area contributed by atoms with Gasteiger partial charge in [0.15, 0.2) is 0 Å². The zero-order valence-corrected chi connectivity index (χ0v) is 13.8. The van der Waals surface area contributed by atoms with Crippen molar-refractivity contribution in [3.05, 3.63) is 42.7 Å². The molecule has 122 valence electrons. The topological polar surface area (TPSA) is 47.6 Å². The maximum absolute atomic E-state index is 9.60. The van der Waals surface area contributed by atoms with E-state index in [9.17, 15) is 4.79 Å². The number of hydrogen-bond acceptors (Lipinski definition) is 4. The van der Waals surface area contributed by atoms with Crippen molar-refractivity contribution in [2.75, 3.05) is 13.1 Å². The van der Waals surface area contributed by atoms with Crippen LogP contribution in [0.25, 0.3) is 0 Å². The number of hydrogen-bond donors (Lipinski definition) is 1. The molecule has 0 amide bonds. The maximum Gasteiger partial charge on any atom is 0.293 e. The van der Waals surface area contributed by atoms with Gasteiger partial charge in [-0.25, -0.2) is 0 Å². The summed E-state index contributed by atoms with van der Waals surface area (Å²) in [6.45, 7) is 11.7. The van der Waals surface area contributed by atoms with E-state index in [0.717, 1.165) is 18.8 Å². The Morgan fingerprint density at radius 2 is 1.86 bits per heavy atom. The summed E-state index contributed by atoms with van der Waals surface area (Å²) >= 11 is 0. The average molecular weight is 305 g/mol. The van der Waals surface area contributed by atoms with Gasteiger partial charge in [0, 0.05) is 0 Å². The molecule has 0 atom stereocenters. The minimum Gasteiger partial charge on any atom is -0.465 e. The van der Waals surface area contributed by atoms with Gasteiger partial charge >= 0.3 is 0 Å². The highest BCUT2D eigenvalue weighted by Gasteiger charge is 2.18. The van der Waals surface area contributed by atoms with E-state index in [1.807, 2.05) is 32.9 Å². The molecule has 1 heterocycles. The lowest BCUT2D eigenvalue weighted by molar-refractivity contribution is -0.138. The molecule has 0 radical (unpaired) electrons. The standard InChI is InChI=1S/C13H17NO.C5H10O2/c1-2-15-13-6-4-3-5-12(13)11-7-9-14-10-8-11;1-5(2,3)7-4-6/h2-6,11,14H,1,7-10H2;4H,1-3H3. The van der Waals surface area contributed by atoms with Gasteiger partial charge in [0.05, 0.1) is 6.26 Å². The van der Waals surface area contributed by atoms with Crippen LogP contribution in [0.1, 0.15) is 45.1 Å². The molecule has 1 N–H and O–H groups in total. The molecule has 4 heteroatoms. The summed E-state index contributed by atoms with van der Waals surface area (Å²) in [5.74, 6) is 1.59. The molecule has 1 fully saturated rings. The van der Waals surface area contributed by atoms with Gasteiger partial charge in [-0.2, -0.15) is 0 Å². The van der Waals surface area contributed by atoms with Gasteiger partial charge in [-0.15, -0.1) is 0 Å². The molecular weight excluding hydrogens is 278 g/mol. The Hall–Kier alpha value is -1.81. The molecule has 0 saturated carbocycles. The molecule has 4 nitrogen and oxygen atoms in total. The second-order valence-corrected chi connectivity index (χ2v) is 6.17. The van der Waals surface area contributed by atoms with Gasteiger partial charge in [-0.1, -0.05) is 24.8 Å². The van der Waals surface area contributed by atoms with Gasteiger partial charge in [-0.05, 0) is 64.3 Å². The Balaban J connectivity index is 0.000000295. The molecule has 0 aliphatic carbocycles. The third-order valence-corrected chi connectivity index (χ3v) is 3.31. The third-order valence-electron chi connectivity index (χ3n) is 3.31. The lowest BCUT2D eigenvalue weighted by atomic mass is 9.90. The van der Waals surface area contributed by atoms with Crippen LogP contribution in [0.2, 0.25) is 0 Å². The third kappa shape index (κ3) is 6.76. The lowest BCUT2D eigenvalue weighted by Crippen LogP contribution is -2.26. The van der Waals surface area contributed by atoms with Gasteiger partial charge in [-0.3, -0.25) is 4.79 Å². The summed E-state index contributed by atoms with van der Waals surface area (Å²) in [7, 11) is 0. The predicted molar refractivity (Wildman–Crippen MR) is 89.0 cm³/mol. The number of nitrogens with one attached hydrogen (secondary N) is 1. The molecule has 1 saturated heterocycles. The summed E-state index contributed by atoms with van der Waals surface area (Å²) in [4.78, 5) is 9.60. The predicted octanol–water partition coefficient (Wildman–Crippen LogP) is 3.63. The number of piperidine rings is 1. The smallest absolute Gasteiger partial charge is 0.293 e. The monoisotopic (exact) mass is 305 g/mol. The highest BCUT2D eigenvalue weighted by Crippen LogP contribution is 2.32. The fourth-order valence-electron chi connectivity index (χ4n) is 2.29. The molecule has 0 aromatic heterocycles. The van der Waals surface area contributed by atoms with Crippen LogP contribution in [0.3, 0.4) is 0 Å². The van der Waals surface area contributed by atoms with Crippen molar-refractivity contribution in [2.45, 2.75) is 45.1 Å². The van der Waals surface area contributed by atoms with Crippen molar-refractivity contribution < 1.29 is 14.3 Å². The van der Waals surface area contributed by atoms with E-state index < -0.39 is 0 Å². The van der Waals surface area contributed by atoms with Crippen LogP contribution in [0.15, 0.2) is 37.1 Å². The number of para-hydroxylation sites is 1. The van der Waals surface area contributed by atoms with E-state index in [0.29, 0.717) is 12.4 Å². The molecule has 1 aliphatic rings. The number of carbonyl (C=O) groups is 1. The fraction of sp³-hybridized carbons (Fsp3) is 0.500. The molecule has 1 aliphatic heterocycles. The minimum absolute atomic E-state index is 0.318. The lowest BCUT2D eigenvalue weighted by Gasteiger charge is -2.24. The van der Waals surface area contributed by atoms with Crippen molar-refractivity contribution >= 4 is 6.47 Å². The van der Waals surface area contributed by atoms with Gasteiger partial charge in [0.1, 0.15) is 11.4 Å². The molecular formula is C18H27NO3. The normalized spacial score (nSPS) is 15.2. The Labute approximate surface area is 133 Å². The maximum atomic E-state index is 9.60. The molecule has 0 unspecified atom stereocenters. The molecule has 1 aromatic carbocycles. The summed E-state index contributed by atoms with van der Waals surface area (Å²) in [5, 5.41) is 3.37. The second-order valence-electron chi connectivity index (χ2n) is 6.17. The Morgan fingerprint density at radius 3 is 2.36 bits per heavy atom. The van der Waals surface area contributed by atoms with Crippen molar-refractivity contribution in [3.63, 3.8) is 0 Å². The largest absolute Gasteiger partial charge is 0.465 e. The second kappa shape index (κ2) is 9.26. The van der Waals surface area contributed by atoms with Crippen LogP contribution in [0.5, 0.6) is 5.75 Å². The van der Waals surface area contributed by atoms with E-state index >= 15 is 0 Å². The van der Waals surface area contributed by atoms with Crippen LogP contribution < -0.4 is 10.1 Å². The van der Waals surface area contributed by atoms with Crippen LogP contribution in [-0.2, 0) is 9.53 Å². The van der Waals surface area contributed by atoms with Crippen LogP contribution in [0, 0.1) is 0 Å². The number of benzene rings is 1. The van der Waals surface area contributed by atoms with Gasteiger partial charge in [0.2, 0.25) is 0 Å². The average Bonchev–Trinajstić information content (AvgIpc) is 2.48. The molecule has 1 aromatic rings. The van der Waals surface area contributed by atoms with Crippen LogP contribution in [-0.4, -0.2) is 25.2 Å².